The van der Waals surface area contributed by atoms with E-state index in [4.69, 9.17) is 5.11 Å². The van der Waals surface area contributed by atoms with E-state index in [1.165, 1.54) is 13.0 Å². The Hall–Kier alpha value is -3.35. The van der Waals surface area contributed by atoms with Crippen molar-refractivity contribution in [2.45, 2.75) is 26.7 Å². The quantitative estimate of drug-likeness (QED) is 0.597. The van der Waals surface area contributed by atoms with Crippen molar-refractivity contribution in [2.24, 2.45) is 0 Å². The van der Waals surface area contributed by atoms with Gasteiger partial charge in [0.25, 0.3) is 0 Å². The zero-order chi connectivity index (χ0) is 19.6. The monoisotopic (exact) mass is 357 g/mol. The van der Waals surface area contributed by atoms with Crippen molar-refractivity contribution in [3.05, 3.63) is 63.5 Å². The third kappa shape index (κ3) is 3.51. The standard InChI is InChI=1S/C19H19NO6/c1-9(17(21)22)8-12-6-4-5-7-13(12)16-14(18(23)24)10(2)20-11(3)15(16)19(25)26/h4-8,16,20H,1-3H3,(H,21,22)(H,23,24)(H,25,26)/b9-8-. The Bertz CT molecular complexity index is 855. The van der Waals surface area contributed by atoms with Crippen LogP contribution in [-0.4, -0.2) is 33.2 Å². The molecule has 7 nitrogen and oxygen atoms in total. The minimum absolute atomic E-state index is 0.0570. The summed E-state index contributed by atoms with van der Waals surface area (Å²) in [6.07, 6.45) is 1.41. The smallest absolute Gasteiger partial charge is 0.334 e. The van der Waals surface area contributed by atoms with Gasteiger partial charge in [0.15, 0.2) is 0 Å². The third-order valence-electron chi connectivity index (χ3n) is 4.24. The fourth-order valence-electron chi connectivity index (χ4n) is 3.07. The number of nitrogens with one attached hydrogen (secondary N) is 1. The molecule has 4 N–H and O–H groups in total. The molecular weight excluding hydrogens is 338 g/mol. The van der Waals surface area contributed by atoms with Crippen LogP contribution in [0.1, 0.15) is 37.8 Å². The van der Waals surface area contributed by atoms with Gasteiger partial charge in [-0.05, 0) is 38.0 Å². The molecule has 2 rings (SSSR count). The molecule has 26 heavy (non-hydrogen) atoms. The van der Waals surface area contributed by atoms with E-state index in [9.17, 15) is 24.6 Å². The van der Waals surface area contributed by atoms with Crippen molar-refractivity contribution in [3.8, 4) is 0 Å². The van der Waals surface area contributed by atoms with Gasteiger partial charge in [0.1, 0.15) is 0 Å². The van der Waals surface area contributed by atoms with Gasteiger partial charge in [-0.3, -0.25) is 0 Å². The average molecular weight is 357 g/mol. The van der Waals surface area contributed by atoms with E-state index in [1.54, 1.807) is 38.1 Å². The largest absolute Gasteiger partial charge is 0.478 e. The molecular formula is C19H19NO6. The summed E-state index contributed by atoms with van der Waals surface area (Å²) in [6, 6.07) is 6.59. The average Bonchev–Trinajstić information content (AvgIpc) is 2.53. The number of dihydropyridines is 1. The van der Waals surface area contributed by atoms with Gasteiger partial charge in [0.2, 0.25) is 0 Å². The number of allylic oxidation sites excluding steroid dienone is 2. The first-order valence-electron chi connectivity index (χ1n) is 7.80. The van der Waals surface area contributed by atoms with Gasteiger partial charge in [0, 0.05) is 17.0 Å². The lowest BCUT2D eigenvalue weighted by atomic mass is 9.78. The summed E-state index contributed by atoms with van der Waals surface area (Å²) in [6.45, 7) is 4.55. The van der Waals surface area contributed by atoms with Crippen LogP contribution < -0.4 is 5.32 Å². The Labute approximate surface area is 150 Å². The molecule has 1 heterocycles. The molecule has 1 aromatic rings. The fraction of sp³-hybridized carbons (Fsp3) is 0.211. The maximum absolute atomic E-state index is 11.8. The predicted molar refractivity (Wildman–Crippen MR) is 94.3 cm³/mol. The van der Waals surface area contributed by atoms with Crippen LogP contribution in [0.5, 0.6) is 0 Å². The minimum Gasteiger partial charge on any atom is -0.478 e. The SMILES string of the molecule is CC1=C(C(=O)O)C(c2ccccc2/C=C(/C)C(=O)O)C(C(=O)O)=C(C)N1. The Morgan fingerprint density at radius 1 is 0.962 bits per heavy atom. The highest BCUT2D eigenvalue weighted by molar-refractivity contribution is 5.99. The zero-order valence-electron chi connectivity index (χ0n) is 14.5. The molecule has 7 heteroatoms. The number of carboxylic acids is 3. The van der Waals surface area contributed by atoms with Gasteiger partial charge in [-0.1, -0.05) is 24.3 Å². The van der Waals surface area contributed by atoms with Crippen LogP contribution >= 0.6 is 0 Å². The fourth-order valence-corrected chi connectivity index (χ4v) is 3.07. The van der Waals surface area contributed by atoms with Crippen LogP contribution in [0.3, 0.4) is 0 Å². The van der Waals surface area contributed by atoms with Crippen molar-refractivity contribution < 1.29 is 29.7 Å². The zero-order valence-corrected chi connectivity index (χ0v) is 14.5. The van der Waals surface area contributed by atoms with Crippen LogP contribution in [0, 0.1) is 0 Å². The van der Waals surface area contributed by atoms with Crippen LogP contribution in [0.2, 0.25) is 0 Å². The Kier molecular flexibility index (Phi) is 5.30. The summed E-state index contributed by atoms with van der Waals surface area (Å²) < 4.78 is 0. The number of aliphatic carboxylic acids is 3. The Morgan fingerprint density at radius 2 is 1.46 bits per heavy atom. The highest BCUT2D eigenvalue weighted by Gasteiger charge is 2.37. The van der Waals surface area contributed by atoms with E-state index < -0.39 is 23.8 Å². The lowest BCUT2D eigenvalue weighted by Crippen LogP contribution is -2.31. The molecule has 0 saturated heterocycles. The van der Waals surface area contributed by atoms with E-state index in [0.29, 0.717) is 22.5 Å². The number of carboxylic acid groups (broad SMARTS) is 3. The van der Waals surface area contributed by atoms with Crippen LogP contribution in [0.4, 0.5) is 0 Å². The normalized spacial score (nSPS) is 15.7. The maximum Gasteiger partial charge on any atom is 0.334 e. The summed E-state index contributed by atoms with van der Waals surface area (Å²) in [7, 11) is 0. The van der Waals surface area contributed by atoms with Crippen molar-refractivity contribution in [2.75, 3.05) is 0 Å². The molecule has 1 aromatic carbocycles. The number of hydrogen-bond donors (Lipinski definition) is 4. The first kappa shape index (κ1) is 19.0. The Morgan fingerprint density at radius 3 is 1.92 bits per heavy atom. The lowest BCUT2D eigenvalue weighted by Gasteiger charge is -2.29. The van der Waals surface area contributed by atoms with Crippen LogP contribution in [0.25, 0.3) is 6.08 Å². The highest BCUT2D eigenvalue weighted by Crippen LogP contribution is 2.40. The Balaban J connectivity index is 2.79. The second-order valence-corrected chi connectivity index (χ2v) is 6.01. The molecule has 0 bridgehead atoms. The van der Waals surface area contributed by atoms with Gasteiger partial charge in [0.05, 0.1) is 17.1 Å². The van der Waals surface area contributed by atoms with Crippen LogP contribution in [0.15, 0.2) is 52.4 Å². The van der Waals surface area contributed by atoms with Gasteiger partial charge in [-0.15, -0.1) is 0 Å². The van der Waals surface area contributed by atoms with E-state index in [2.05, 4.69) is 5.32 Å². The van der Waals surface area contributed by atoms with Gasteiger partial charge >= 0.3 is 17.9 Å². The number of benzene rings is 1. The van der Waals surface area contributed by atoms with E-state index in [-0.39, 0.29) is 16.7 Å². The first-order valence-corrected chi connectivity index (χ1v) is 7.80. The molecule has 0 radical (unpaired) electrons. The second-order valence-electron chi connectivity index (χ2n) is 6.01. The van der Waals surface area contributed by atoms with Crippen molar-refractivity contribution in [1.29, 1.82) is 0 Å². The maximum atomic E-state index is 11.8. The van der Waals surface area contributed by atoms with Crippen molar-refractivity contribution >= 4 is 24.0 Å². The summed E-state index contributed by atoms with van der Waals surface area (Å²) in [5.74, 6) is -4.61. The summed E-state index contributed by atoms with van der Waals surface area (Å²) in [4.78, 5) is 34.8. The van der Waals surface area contributed by atoms with Crippen molar-refractivity contribution in [3.63, 3.8) is 0 Å². The second kappa shape index (κ2) is 7.26. The number of hydrogen-bond acceptors (Lipinski definition) is 4. The molecule has 0 atom stereocenters. The summed E-state index contributed by atoms with van der Waals surface area (Å²) in [5, 5.41) is 31.3. The first-order chi connectivity index (χ1) is 12.1. The van der Waals surface area contributed by atoms with Gasteiger partial charge in [-0.25, -0.2) is 14.4 Å². The van der Waals surface area contributed by atoms with Crippen molar-refractivity contribution in [1.82, 2.24) is 5.32 Å². The number of carbonyl (C=O) groups is 3. The molecule has 1 aliphatic heterocycles. The lowest BCUT2D eigenvalue weighted by molar-refractivity contribution is -0.134. The van der Waals surface area contributed by atoms with E-state index in [1.807, 2.05) is 0 Å². The molecule has 0 amide bonds. The molecule has 136 valence electrons. The molecule has 0 saturated carbocycles. The predicted octanol–water partition coefficient (Wildman–Crippen LogP) is 2.58. The molecule has 0 aliphatic carbocycles. The third-order valence-corrected chi connectivity index (χ3v) is 4.24. The van der Waals surface area contributed by atoms with E-state index >= 15 is 0 Å². The molecule has 0 fully saturated rings. The van der Waals surface area contributed by atoms with Gasteiger partial charge < -0.3 is 20.6 Å². The van der Waals surface area contributed by atoms with Gasteiger partial charge in [-0.2, -0.15) is 0 Å². The molecule has 1 aliphatic rings. The topological polar surface area (TPSA) is 124 Å². The van der Waals surface area contributed by atoms with E-state index in [0.717, 1.165) is 0 Å². The highest BCUT2D eigenvalue weighted by atomic mass is 16.4. The summed E-state index contributed by atoms with van der Waals surface area (Å²) >= 11 is 0. The minimum atomic E-state index is -1.24. The molecule has 0 unspecified atom stereocenters. The molecule has 0 spiro atoms. The summed E-state index contributed by atoms with van der Waals surface area (Å²) in [5.41, 5.74) is 1.46. The molecule has 0 aromatic heterocycles. The number of rotatable bonds is 5. The van der Waals surface area contributed by atoms with Crippen LogP contribution in [-0.2, 0) is 14.4 Å².